The maximum Gasteiger partial charge on any atom is 0.399 e. The maximum absolute atomic E-state index is 14.0. The molecule has 1 atom stereocenters. The van der Waals surface area contributed by atoms with Gasteiger partial charge in [-0.2, -0.15) is 8.42 Å². The van der Waals surface area contributed by atoms with Crippen LogP contribution < -0.4 is 0 Å². The molecule has 0 radical (unpaired) electrons. The minimum Gasteiger partial charge on any atom is -0.251 e. The van der Waals surface area contributed by atoms with E-state index in [-0.39, 0.29) is 13.3 Å². The zero-order valence-electron chi connectivity index (χ0n) is 27.0. The molecule has 4 nitrogen and oxygen atoms in total. The molecule has 0 saturated heterocycles. The molecule has 0 N–H and O–H groups in total. The molecule has 0 rings (SSSR count). The second-order valence-corrected chi connectivity index (χ2v) is 13.4. The van der Waals surface area contributed by atoms with Crippen LogP contribution in [0.5, 0.6) is 0 Å². The summed E-state index contributed by atoms with van der Waals surface area (Å²) in [6.45, 7) is 1.67. The average molecular weight is 611 g/mol. The molecule has 0 aromatic heterocycles. The van der Waals surface area contributed by atoms with E-state index in [1.54, 1.807) is 0 Å². The second-order valence-electron chi connectivity index (χ2n) is 12.1. The summed E-state index contributed by atoms with van der Waals surface area (Å²) in [5, 5.41) is 0. The third-order valence-electron chi connectivity index (χ3n) is 8.02. The first kappa shape index (κ1) is 40.7. The summed E-state index contributed by atoms with van der Waals surface area (Å²) in [6.07, 6.45) is 32.5. The van der Waals surface area contributed by atoms with Gasteiger partial charge in [-0.05, 0) is 19.3 Å². The highest BCUT2D eigenvalue weighted by Crippen LogP contribution is 2.16. The topological polar surface area (TPSA) is 52.6 Å². The van der Waals surface area contributed by atoms with Gasteiger partial charge in [-0.15, -0.1) is 0 Å². The number of unbranched alkanes of at least 4 members (excludes halogenated alkanes) is 26. The van der Waals surface area contributed by atoms with Gasteiger partial charge in [0.1, 0.15) is 6.17 Å². The second kappa shape index (κ2) is 32.6. The first-order chi connectivity index (χ1) is 20.0. The van der Waals surface area contributed by atoms with Crippen molar-refractivity contribution in [1.29, 1.82) is 0 Å². The highest BCUT2D eigenvalue weighted by atomic mass is 32.3. The lowest BCUT2D eigenvalue weighted by Crippen LogP contribution is -2.18. The summed E-state index contributed by atoms with van der Waals surface area (Å²) in [5.74, 6) is 0. The molecule has 1 unspecified atom stereocenters. The van der Waals surface area contributed by atoms with Crippen LogP contribution in [0.3, 0.4) is 0 Å². The fourth-order valence-electron chi connectivity index (χ4n) is 5.31. The van der Waals surface area contributed by atoms with Gasteiger partial charge in [-0.1, -0.05) is 174 Å². The number of alkyl halides is 2. The van der Waals surface area contributed by atoms with E-state index in [1.807, 2.05) is 0 Å². The monoisotopic (exact) mass is 610 g/mol. The lowest BCUT2D eigenvalue weighted by molar-refractivity contribution is 0.153. The number of hydrogen-bond acceptors (Lipinski definition) is 4. The predicted molar refractivity (Wildman–Crippen MR) is 171 cm³/mol. The first-order valence-corrected chi connectivity index (χ1v) is 19.1. The Labute approximate surface area is 254 Å². The van der Waals surface area contributed by atoms with E-state index in [2.05, 4.69) is 6.92 Å². The molecule has 7 heteroatoms. The van der Waals surface area contributed by atoms with Gasteiger partial charge in [0, 0.05) is 0 Å². The van der Waals surface area contributed by atoms with E-state index in [9.17, 15) is 17.2 Å². The third-order valence-corrected chi connectivity index (χ3v) is 8.90. The highest BCUT2D eigenvalue weighted by Gasteiger charge is 2.16. The molecule has 0 aromatic rings. The van der Waals surface area contributed by atoms with Gasteiger partial charge in [-0.3, -0.25) is 4.39 Å². The highest BCUT2D eigenvalue weighted by molar-refractivity contribution is 7.81. The van der Waals surface area contributed by atoms with Crippen LogP contribution in [0.15, 0.2) is 0 Å². The third kappa shape index (κ3) is 34.1. The summed E-state index contributed by atoms with van der Waals surface area (Å²) in [7, 11) is -4.12. The molecular formula is C34H68F2O4S. The summed E-state index contributed by atoms with van der Waals surface area (Å²) in [6, 6.07) is 0. The van der Waals surface area contributed by atoms with Crippen molar-refractivity contribution >= 4 is 10.4 Å². The molecule has 0 aliphatic carbocycles. The van der Waals surface area contributed by atoms with Crippen LogP contribution in [-0.4, -0.2) is 34.5 Å². The van der Waals surface area contributed by atoms with Gasteiger partial charge in [-0.25, -0.2) is 12.8 Å². The van der Waals surface area contributed by atoms with Crippen LogP contribution in [0.25, 0.3) is 0 Å². The summed E-state index contributed by atoms with van der Waals surface area (Å²) in [5.41, 5.74) is 0. The molecule has 0 amide bonds. The van der Waals surface area contributed by atoms with E-state index in [1.165, 1.54) is 109 Å². The zero-order chi connectivity index (χ0) is 30.1. The van der Waals surface area contributed by atoms with Gasteiger partial charge < -0.3 is 0 Å². The Hall–Kier alpha value is -0.270. The molecule has 0 heterocycles. The first-order valence-electron chi connectivity index (χ1n) is 17.8. The van der Waals surface area contributed by atoms with Crippen LogP contribution in [0, 0.1) is 0 Å². The Bertz CT molecular complexity index is 604. The Morgan fingerprint density at radius 1 is 0.488 bits per heavy atom. The van der Waals surface area contributed by atoms with E-state index in [0.717, 1.165) is 57.8 Å². The predicted octanol–water partition coefficient (Wildman–Crippen LogP) is 11.9. The molecule has 0 bridgehead atoms. The zero-order valence-corrected chi connectivity index (χ0v) is 27.8. The van der Waals surface area contributed by atoms with Gasteiger partial charge in [0.25, 0.3) is 0 Å². The van der Waals surface area contributed by atoms with Crippen molar-refractivity contribution in [2.45, 2.75) is 199 Å². The Kier molecular flexibility index (Phi) is 32.4. The normalized spacial score (nSPS) is 12.8. The molecule has 0 aromatic carbocycles. The fourth-order valence-corrected chi connectivity index (χ4v) is 6.02. The van der Waals surface area contributed by atoms with Gasteiger partial charge >= 0.3 is 10.4 Å². The molecule has 248 valence electrons. The van der Waals surface area contributed by atoms with Gasteiger partial charge in [0.15, 0.2) is 0 Å². The van der Waals surface area contributed by atoms with Crippen LogP contribution in [0.1, 0.15) is 193 Å². The van der Waals surface area contributed by atoms with Crippen molar-refractivity contribution in [2.24, 2.45) is 0 Å². The van der Waals surface area contributed by atoms with Crippen molar-refractivity contribution in [3.05, 3.63) is 0 Å². The van der Waals surface area contributed by atoms with E-state index >= 15 is 0 Å². The summed E-state index contributed by atoms with van der Waals surface area (Å²) < 4.78 is 59.2. The Morgan fingerprint density at radius 2 is 0.829 bits per heavy atom. The standard InChI is InChI=1S/C34H68F2O4S/c1-2-3-4-5-6-7-8-9-10-11-12-13-14-15-16-17-20-23-26-29-32-39-41(37,38)40-33-34(36)30-27-24-21-18-19-22-25-28-31-35/h34H,2-33H2,1H3. The summed E-state index contributed by atoms with van der Waals surface area (Å²) in [4.78, 5) is 0. The van der Waals surface area contributed by atoms with Gasteiger partial charge in [0.2, 0.25) is 0 Å². The smallest absolute Gasteiger partial charge is 0.251 e. The van der Waals surface area contributed by atoms with Crippen molar-refractivity contribution in [2.75, 3.05) is 19.9 Å². The van der Waals surface area contributed by atoms with Crippen molar-refractivity contribution in [3.63, 3.8) is 0 Å². The van der Waals surface area contributed by atoms with Crippen LogP contribution in [0.4, 0.5) is 8.78 Å². The Balaban J connectivity index is 3.35. The molecule has 41 heavy (non-hydrogen) atoms. The molecule has 0 aliphatic rings. The molecular weight excluding hydrogens is 542 g/mol. The minimum atomic E-state index is -4.12. The Morgan fingerprint density at radius 3 is 1.22 bits per heavy atom. The number of rotatable bonds is 35. The van der Waals surface area contributed by atoms with Crippen LogP contribution in [-0.2, 0) is 18.8 Å². The van der Waals surface area contributed by atoms with Crippen molar-refractivity contribution < 1.29 is 25.6 Å². The number of hydrogen-bond donors (Lipinski definition) is 0. The molecule has 0 fully saturated rings. The van der Waals surface area contributed by atoms with Crippen molar-refractivity contribution in [3.8, 4) is 0 Å². The van der Waals surface area contributed by atoms with E-state index < -0.39 is 23.2 Å². The minimum absolute atomic E-state index is 0.101. The average Bonchev–Trinajstić information content (AvgIpc) is 2.96. The van der Waals surface area contributed by atoms with Gasteiger partial charge in [0.05, 0.1) is 19.9 Å². The fraction of sp³-hybridized carbons (Fsp3) is 1.00. The van der Waals surface area contributed by atoms with Crippen LogP contribution >= 0.6 is 0 Å². The number of halogens is 2. The SMILES string of the molecule is CCCCCCCCCCCCCCCCCCCCCCOS(=O)(=O)OCC(F)CCCCCCCCCCF. The maximum atomic E-state index is 14.0. The van der Waals surface area contributed by atoms with E-state index in [4.69, 9.17) is 8.37 Å². The molecule has 0 aliphatic heterocycles. The quantitative estimate of drug-likeness (QED) is 0.0670. The van der Waals surface area contributed by atoms with Crippen LogP contribution in [0.2, 0.25) is 0 Å². The summed E-state index contributed by atoms with van der Waals surface area (Å²) >= 11 is 0. The largest absolute Gasteiger partial charge is 0.399 e. The molecule has 0 saturated carbocycles. The lowest BCUT2D eigenvalue weighted by Gasteiger charge is -2.10. The van der Waals surface area contributed by atoms with Crippen molar-refractivity contribution in [1.82, 2.24) is 0 Å². The van der Waals surface area contributed by atoms with E-state index in [0.29, 0.717) is 19.3 Å². The lowest BCUT2D eigenvalue weighted by atomic mass is 10.0. The molecule has 0 spiro atoms.